The highest BCUT2D eigenvalue weighted by Gasteiger charge is 2.33. The predicted octanol–water partition coefficient (Wildman–Crippen LogP) is 5.83. The van der Waals surface area contributed by atoms with Crippen LogP contribution in [0, 0.1) is 0 Å². The maximum absolute atomic E-state index is 12.9. The molecule has 0 aromatic heterocycles. The smallest absolute Gasteiger partial charge is 0.308 e. The van der Waals surface area contributed by atoms with Crippen LogP contribution in [0.3, 0.4) is 0 Å². The largest absolute Gasteiger partial charge is 0.490 e. The molecule has 2 aromatic rings. The lowest BCUT2D eigenvalue weighted by molar-refractivity contribution is -0.132. The molecule has 9 heteroatoms. The van der Waals surface area contributed by atoms with Gasteiger partial charge in [-0.3, -0.25) is 14.5 Å². The van der Waals surface area contributed by atoms with E-state index in [0.29, 0.717) is 38.0 Å². The Morgan fingerprint density at radius 2 is 2.03 bits per heavy atom. The summed E-state index contributed by atoms with van der Waals surface area (Å²) in [6.45, 7) is 3.56. The molecule has 0 unspecified atom stereocenters. The van der Waals surface area contributed by atoms with Gasteiger partial charge in [0, 0.05) is 11.4 Å². The Hall–Kier alpha value is -1.87. The lowest BCUT2D eigenvalue weighted by Crippen LogP contribution is -2.27. The second kappa shape index (κ2) is 9.30. The van der Waals surface area contributed by atoms with Gasteiger partial charge >= 0.3 is 5.97 Å². The summed E-state index contributed by atoms with van der Waals surface area (Å²) in [5.41, 5.74) is 1.32. The van der Waals surface area contributed by atoms with E-state index in [2.05, 4.69) is 15.9 Å². The number of benzene rings is 2. The van der Waals surface area contributed by atoms with Crippen LogP contribution in [-0.4, -0.2) is 22.8 Å². The molecule has 0 bridgehead atoms. The number of hydrogen-bond donors (Lipinski definition) is 0. The lowest BCUT2D eigenvalue weighted by Gasteiger charge is -2.15. The highest BCUT2D eigenvalue weighted by molar-refractivity contribution is 9.10. The number of carbonyl (C=O) groups excluding carboxylic acids is 2. The van der Waals surface area contributed by atoms with Crippen LogP contribution in [0.15, 0.2) is 45.8 Å². The monoisotopic (exact) mass is 511 g/mol. The van der Waals surface area contributed by atoms with Gasteiger partial charge in [0.25, 0.3) is 5.91 Å². The summed E-state index contributed by atoms with van der Waals surface area (Å²) in [5.74, 6) is 0.0771. The Balaban J connectivity index is 1.91. The van der Waals surface area contributed by atoms with Crippen molar-refractivity contribution >= 4 is 79.5 Å². The summed E-state index contributed by atoms with van der Waals surface area (Å²) in [4.78, 5) is 26.1. The molecule has 0 radical (unpaired) electrons. The first kappa shape index (κ1) is 21.8. The van der Waals surface area contributed by atoms with Gasteiger partial charge in [-0.25, -0.2) is 0 Å². The van der Waals surface area contributed by atoms with Crippen LogP contribution in [-0.2, 0) is 9.59 Å². The number of carbonyl (C=O) groups is 2. The van der Waals surface area contributed by atoms with Gasteiger partial charge in [0.05, 0.1) is 22.2 Å². The number of ether oxygens (including phenoxy) is 2. The van der Waals surface area contributed by atoms with Crippen LogP contribution in [0.1, 0.15) is 19.4 Å². The van der Waals surface area contributed by atoms with Gasteiger partial charge in [-0.2, -0.15) is 0 Å². The molecule has 29 heavy (non-hydrogen) atoms. The molecule has 1 aliphatic rings. The van der Waals surface area contributed by atoms with Crippen molar-refractivity contribution in [2.45, 2.75) is 13.8 Å². The quantitative estimate of drug-likeness (QED) is 0.217. The summed E-state index contributed by atoms with van der Waals surface area (Å²) < 4.78 is 11.9. The summed E-state index contributed by atoms with van der Waals surface area (Å²) in [6.07, 6.45) is 1.72. The number of rotatable bonds is 5. The van der Waals surface area contributed by atoms with Gasteiger partial charge in [0.1, 0.15) is 0 Å². The third kappa shape index (κ3) is 5.01. The molecule has 0 saturated carbocycles. The normalized spacial score (nSPS) is 15.2. The fourth-order valence-corrected chi connectivity index (χ4v) is 4.31. The minimum Gasteiger partial charge on any atom is -0.490 e. The molecule has 1 amide bonds. The van der Waals surface area contributed by atoms with E-state index in [1.807, 2.05) is 6.92 Å². The summed E-state index contributed by atoms with van der Waals surface area (Å²) >= 11 is 16.1. The van der Waals surface area contributed by atoms with Crippen molar-refractivity contribution in [3.63, 3.8) is 0 Å². The van der Waals surface area contributed by atoms with Gasteiger partial charge in [0.2, 0.25) is 0 Å². The molecule has 0 aliphatic carbocycles. The number of halogens is 2. The maximum atomic E-state index is 12.9. The Bertz CT molecular complexity index is 1040. The van der Waals surface area contributed by atoms with Crippen LogP contribution < -0.4 is 14.4 Å². The number of thioether (sulfide) groups is 1. The zero-order chi connectivity index (χ0) is 21.1. The molecule has 1 fully saturated rings. The topological polar surface area (TPSA) is 55.8 Å². The molecular weight excluding hydrogens is 498 g/mol. The van der Waals surface area contributed by atoms with Gasteiger partial charge in [0.15, 0.2) is 15.8 Å². The zero-order valence-corrected chi connectivity index (χ0v) is 19.4. The molecule has 150 valence electrons. The molecule has 0 spiro atoms. The van der Waals surface area contributed by atoms with E-state index < -0.39 is 5.97 Å². The van der Waals surface area contributed by atoms with E-state index in [4.69, 9.17) is 33.3 Å². The van der Waals surface area contributed by atoms with E-state index in [-0.39, 0.29) is 5.91 Å². The SMILES string of the molecule is CCOc1cc(/C=C2/SC(=S)N(c3ccc(Br)c(Cl)c3)C2=O)ccc1OC(C)=O. The molecule has 2 aromatic carbocycles. The van der Waals surface area contributed by atoms with E-state index in [1.54, 1.807) is 42.5 Å². The first-order valence-electron chi connectivity index (χ1n) is 8.48. The van der Waals surface area contributed by atoms with E-state index in [0.717, 1.165) is 10.0 Å². The highest BCUT2D eigenvalue weighted by Crippen LogP contribution is 2.38. The van der Waals surface area contributed by atoms with Gasteiger partial charge in [-0.05, 0) is 64.8 Å². The number of hydrogen-bond acceptors (Lipinski definition) is 6. The molecule has 1 heterocycles. The second-order valence-electron chi connectivity index (χ2n) is 5.85. The van der Waals surface area contributed by atoms with Gasteiger partial charge < -0.3 is 9.47 Å². The summed E-state index contributed by atoms with van der Waals surface area (Å²) in [7, 11) is 0. The predicted molar refractivity (Wildman–Crippen MR) is 124 cm³/mol. The van der Waals surface area contributed by atoms with Crippen molar-refractivity contribution in [2.75, 3.05) is 11.5 Å². The van der Waals surface area contributed by atoms with Gasteiger partial charge in [-0.15, -0.1) is 0 Å². The van der Waals surface area contributed by atoms with Crippen LogP contribution in [0.5, 0.6) is 11.5 Å². The van der Waals surface area contributed by atoms with E-state index in [9.17, 15) is 9.59 Å². The van der Waals surface area contributed by atoms with Crippen molar-refractivity contribution in [1.29, 1.82) is 0 Å². The minimum atomic E-state index is -0.437. The van der Waals surface area contributed by atoms with Crippen molar-refractivity contribution in [3.8, 4) is 11.5 Å². The van der Waals surface area contributed by atoms with Crippen molar-refractivity contribution in [2.24, 2.45) is 0 Å². The standard InChI is InChI=1S/C20H15BrClNO4S2/c1-3-26-17-8-12(4-7-16(17)27-11(2)24)9-18-19(25)23(20(28)29-18)13-5-6-14(21)15(22)10-13/h4-10H,3H2,1-2H3/b18-9+. The third-order valence-corrected chi connectivity index (χ3v) is 6.31. The average molecular weight is 513 g/mol. The molecule has 1 aliphatic heterocycles. The van der Waals surface area contributed by atoms with Crippen LogP contribution >= 0.6 is 51.5 Å². The third-order valence-electron chi connectivity index (χ3n) is 3.77. The maximum Gasteiger partial charge on any atom is 0.308 e. The van der Waals surface area contributed by atoms with E-state index >= 15 is 0 Å². The first-order chi connectivity index (χ1) is 13.8. The fourth-order valence-electron chi connectivity index (χ4n) is 2.59. The molecule has 1 saturated heterocycles. The number of amides is 1. The fraction of sp³-hybridized carbons (Fsp3) is 0.150. The Morgan fingerprint density at radius 3 is 2.69 bits per heavy atom. The number of thiocarbonyl (C=S) groups is 1. The number of nitrogens with zero attached hydrogens (tertiary/aromatic N) is 1. The lowest BCUT2D eigenvalue weighted by atomic mass is 10.1. The molecule has 5 nitrogen and oxygen atoms in total. The average Bonchev–Trinajstić information content (AvgIpc) is 2.93. The number of esters is 1. The molecular formula is C20H15BrClNO4S2. The molecule has 0 atom stereocenters. The Morgan fingerprint density at radius 1 is 1.28 bits per heavy atom. The summed E-state index contributed by atoms with van der Waals surface area (Å²) in [5, 5.41) is 0.489. The van der Waals surface area contributed by atoms with Crippen molar-refractivity contribution in [3.05, 3.63) is 56.4 Å². The van der Waals surface area contributed by atoms with Gasteiger partial charge in [-0.1, -0.05) is 41.6 Å². The van der Waals surface area contributed by atoms with E-state index in [1.165, 1.54) is 23.6 Å². The Labute approximate surface area is 191 Å². The first-order valence-corrected chi connectivity index (χ1v) is 10.9. The Kier molecular flexibility index (Phi) is 7.00. The minimum absolute atomic E-state index is 0.236. The number of anilines is 1. The van der Waals surface area contributed by atoms with Crippen molar-refractivity contribution in [1.82, 2.24) is 0 Å². The second-order valence-corrected chi connectivity index (χ2v) is 8.79. The highest BCUT2D eigenvalue weighted by atomic mass is 79.9. The summed E-state index contributed by atoms with van der Waals surface area (Å²) in [6, 6.07) is 10.3. The molecule has 3 rings (SSSR count). The van der Waals surface area contributed by atoms with Crippen molar-refractivity contribution < 1.29 is 19.1 Å². The zero-order valence-electron chi connectivity index (χ0n) is 15.4. The van der Waals surface area contributed by atoms with Crippen LogP contribution in [0.25, 0.3) is 6.08 Å². The van der Waals surface area contributed by atoms with Crippen LogP contribution in [0.4, 0.5) is 5.69 Å². The van der Waals surface area contributed by atoms with Crippen LogP contribution in [0.2, 0.25) is 5.02 Å². The molecule has 0 N–H and O–H groups in total.